The average Bonchev–Trinajstić information content (AvgIpc) is 2.61. The van der Waals surface area contributed by atoms with E-state index in [0.29, 0.717) is 5.92 Å². The molecule has 0 aliphatic heterocycles. The molecule has 0 aliphatic carbocycles. The zero-order valence-electron chi connectivity index (χ0n) is 10.8. The fraction of sp³-hybridized carbons (Fsp3) is 0.462. The van der Waals surface area contributed by atoms with Crippen molar-refractivity contribution in [2.24, 2.45) is 7.05 Å². The summed E-state index contributed by atoms with van der Waals surface area (Å²) < 4.78 is 1.86. The van der Waals surface area contributed by atoms with Gasteiger partial charge < -0.3 is 5.73 Å². The summed E-state index contributed by atoms with van der Waals surface area (Å²) in [6, 6.07) is 5.97. The predicted molar refractivity (Wildman–Crippen MR) is 70.6 cm³/mol. The van der Waals surface area contributed by atoms with Gasteiger partial charge >= 0.3 is 0 Å². The lowest BCUT2D eigenvalue weighted by molar-refractivity contribution is 0.729. The van der Waals surface area contributed by atoms with Gasteiger partial charge in [-0.2, -0.15) is 5.10 Å². The van der Waals surface area contributed by atoms with E-state index in [-0.39, 0.29) is 0 Å². The van der Waals surface area contributed by atoms with E-state index < -0.39 is 0 Å². The Hall–Kier alpha value is -1.51. The molecule has 0 fully saturated rings. The zero-order chi connectivity index (χ0) is 12.3. The van der Waals surface area contributed by atoms with Crippen molar-refractivity contribution < 1.29 is 0 Å². The highest BCUT2D eigenvalue weighted by atomic mass is 15.3. The van der Waals surface area contributed by atoms with Gasteiger partial charge in [0.05, 0.1) is 16.9 Å². The first kappa shape index (κ1) is 12.6. The highest BCUT2D eigenvalue weighted by molar-refractivity contribution is 5.91. The summed E-state index contributed by atoms with van der Waals surface area (Å²) in [5.41, 5.74) is 8.86. The Morgan fingerprint density at radius 1 is 1.25 bits per heavy atom. The number of rotatable bonds is 1. The third kappa shape index (κ3) is 2.03. The van der Waals surface area contributed by atoms with E-state index in [1.807, 2.05) is 37.7 Å². The molecule has 2 aromatic rings. The molecule has 0 aliphatic rings. The second kappa shape index (κ2) is 5.01. The van der Waals surface area contributed by atoms with Crippen LogP contribution in [0.25, 0.3) is 10.9 Å². The number of hydrogen-bond donors (Lipinski definition) is 1. The van der Waals surface area contributed by atoms with Gasteiger partial charge in [0.25, 0.3) is 0 Å². The molecule has 16 heavy (non-hydrogen) atoms. The Morgan fingerprint density at radius 2 is 1.88 bits per heavy atom. The number of aromatic nitrogens is 2. The third-order valence-corrected chi connectivity index (χ3v) is 2.47. The number of nitrogens with two attached hydrogens (primary N) is 1. The number of benzene rings is 1. The average molecular weight is 219 g/mol. The molecular weight excluding hydrogens is 198 g/mol. The van der Waals surface area contributed by atoms with Crippen LogP contribution in [0.2, 0.25) is 0 Å². The Balaban J connectivity index is 0.000000606. The molecule has 0 radical (unpaired) electrons. The van der Waals surface area contributed by atoms with E-state index in [9.17, 15) is 0 Å². The van der Waals surface area contributed by atoms with E-state index in [2.05, 4.69) is 25.0 Å². The van der Waals surface area contributed by atoms with Gasteiger partial charge in [-0.05, 0) is 12.0 Å². The molecule has 0 amide bonds. The first-order valence-corrected chi connectivity index (χ1v) is 5.82. The van der Waals surface area contributed by atoms with Crippen LogP contribution in [-0.4, -0.2) is 9.78 Å². The second-order valence-corrected chi connectivity index (χ2v) is 3.91. The van der Waals surface area contributed by atoms with Crippen LogP contribution < -0.4 is 5.73 Å². The minimum absolute atomic E-state index is 0.431. The van der Waals surface area contributed by atoms with Crippen molar-refractivity contribution >= 4 is 16.6 Å². The van der Waals surface area contributed by atoms with Crippen molar-refractivity contribution in [2.75, 3.05) is 5.73 Å². The minimum atomic E-state index is 0.431. The van der Waals surface area contributed by atoms with Gasteiger partial charge in [-0.1, -0.05) is 39.8 Å². The monoisotopic (exact) mass is 219 g/mol. The standard InChI is InChI=1S/C11H15N3.C2H6/c1-7(2)10-8-5-4-6-9(12)11(8)14(3)13-10;1-2/h4-7H,12H2,1-3H3;1-2H3. The number of para-hydroxylation sites is 1. The molecule has 0 saturated heterocycles. The van der Waals surface area contributed by atoms with Crippen LogP contribution in [0.15, 0.2) is 18.2 Å². The third-order valence-electron chi connectivity index (χ3n) is 2.47. The van der Waals surface area contributed by atoms with Crippen molar-refractivity contribution in [1.29, 1.82) is 0 Å². The molecular formula is C13H21N3. The fourth-order valence-electron chi connectivity index (χ4n) is 1.82. The van der Waals surface area contributed by atoms with Crippen molar-refractivity contribution in [2.45, 2.75) is 33.6 Å². The van der Waals surface area contributed by atoms with Crippen LogP contribution in [-0.2, 0) is 7.05 Å². The van der Waals surface area contributed by atoms with Crippen molar-refractivity contribution in [3.05, 3.63) is 23.9 Å². The van der Waals surface area contributed by atoms with E-state index >= 15 is 0 Å². The van der Waals surface area contributed by atoms with Crippen LogP contribution in [0, 0.1) is 0 Å². The number of nitrogens with zero attached hydrogens (tertiary/aromatic N) is 2. The molecule has 88 valence electrons. The SMILES string of the molecule is CC.CC(C)c1nn(C)c2c(N)cccc12. The van der Waals surface area contributed by atoms with Crippen LogP contribution in [0.5, 0.6) is 0 Å². The van der Waals surface area contributed by atoms with E-state index in [1.54, 1.807) is 0 Å². The van der Waals surface area contributed by atoms with Gasteiger partial charge in [0.15, 0.2) is 0 Å². The van der Waals surface area contributed by atoms with Crippen LogP contribution in [0.3, 0.4) is 0 Å². The lowest BCUT2D eigenvalue weighted by Gasteiger charge is -2.00. The molecule has 0 unspecified atom stereocenters. The quantitative estimate of drug-likeness (QED) is 0.748. The van der Waals surface area contributed by atoms with Gasteiger partial charge in [0.2, 0.25) is 0 Å². The number of anilines is 1. The molecule has 1 heterocycles. The largest absolute Gasteiger partial charge is 0.397 e. The summed E-state index contributed by atoms with van der Waals surface area (Å²) >= 11 is 0. The second-order valence-electron chi connectivity index (χ2n) is 3.91. The molecule has 2 rings (SSSR count). The van der Waals surface area contributed by atoms with Gasteiger partial charge in [-0.15, -0.1) is 0 Å². The van der Waals surface area contributed by atoms with E-state index in [4.69, 9.17) is 5.73 Å². The molecule has 2 N–H and O–H groups in total. The topological polar surface area (TPSA) is 43.8 Å². The summed E-state index contributed by atoms with van der Waals surface area (Å²) in [5.74, 6) is 0.431. The summed E-state index contributed by atoms with van der Waals surface area (Å²) in [6.45, 7) is 8.29. The summed E-state index contributed by atoms with van der Waals surface area (Å²) in [4.78, 5) is 0. The number of aryl methyl sites for hydroxylation is 1. The first-order chi connectivity index (χ1) is 7.61. The Bertz CT molecular complexity index is 469. The van der Waals surface area contributed by atoms with Gasteiger partial charge in [0.1, 0.15) is 0 Å². The molecule has 0 saturated carbocycles. The molecule has 0 spiro atoms. The van der Waals surface area contributed by atoms with Crippen LogP contribution in [0.4, 0.5) is 5.69 Å². The molecule has 0 bridgehead atoms. The zero-order valence-corrected chi connectivity index (χ0v) is 10.8. The van der Waals surface area contributed by atoms with Crippen molar-refractivity contribution in [3.8, 4) is 0 Å². The lowest BCUT2D eigenvalue weighted by Crippen LogP contribution is -1.95. The van der Waals surface area contributed by atoms with Crippen molar-refractivity contribution in [3.63, 3.8) is 0 Å². The molecule has 0 atom stereocenters. The summed E-state index contributed by atoms with van der Waals surface area (Å²) in [7, 11) is 1.94. The highest BCUT2D eigenvalue weighted by Crippen LogP contribution is 2.27. The maximum Gasteiger partial charge on any atom is 0.0911 e. The van der Waals surface area contributed by atoms with Gasteiger partial charge in [0, 0.05) is 12.4 Å². The predicted octanol–water partition coefficient (Wildman–Crippen LogP) is 3.31. The maximum absolute atomic E-state index is 5.91. The normalized spacial score (nSPS) is 10.4. The number of nitrogen functional groups attached to an aromatic ring is 1. The fourth-order valence-corrected chi connectivity index (χ4v) is 1.82. The van der Waals surface area contributed by atoms with Gasteiger partial charge in [-0.25, -0.2) is 0 Å². The van der Waals surface area contributed by atoms with Crippen LogP contribution >= 0.6 is 0 Å². The minimum Gasteiger partial charge on any atom is -0.397 e. The Labute approximate surface area is 97.3 Å². The lowest BCUT2D eigenvalue weighted by atomic mass is 10.1. The first-order valence-electron chi connectivity index (χ1n) is 5.82. The van der Waals surface area contributed by atoms with Gasteiger partial charge in [-0.3, -0.25) is 4.68 Å². The molecule has 3 nitrogen and oxygen atoms in total. The van der Waals surface area contributed by atoms with E-state index in [1.165, 1.54) is 5.39 Å². The number of hydrogen-bond acceptors (Lipinski definition) is 2. The summed E-state index contributed by atoms with van der Waals surface area (Å²) in [5, 5.41) is 5.66. The van der Waals surface area contributed by atoms with E-state index in [0.717, 1.165) is 16.9 Å². The smallest absolute Gasteiger partial charge is 0.0911 e. The van der Waals surface area contributed by atoms with Crippen molar-refractivity contribution in [1.82, 2.24) is 9.78 Å². The molecule has 1 aromatic heterocycles. The Morgan fingerprint density at radius 3 is 2.44 bits per heavy atom. The number of fused-ring (bicyclic) bond motifs is 1. The van der Waals surface area contributed by atoms with Crippen LogP contribution in [0.1, 0.15) is 39.3 Å². The molecule has 1 aromatic carbocycles. The highest BCUT2D eigenvalue weighted by Gasteiger charge is 2.12. The maximum atomic E-state index is 5.91. The Kier molecular flexibility index (Phi) is 3.93. The molecule has 3 heteroatoms. The summed E-state index contributed by atoms with van der Waals surface area (Å²) in [6.07, 6.45) is 0.